The van der Waals surface area contributed by atoms with Crippen molar-refractivity contribution < 1.29 is 13.2 Å². The maximum absolute atomic E-state index is 12.7. The van der Waals surface area contributed by atoms with Gasteiger partial charge in [0, 0.05) is 20.1 Å². The first-order valence-corrected chi connectivity index (χ1v) is 9.58. The van der Waals surface area contributed by atoms with Crippen molar-refractivity contribution in [3.05, 3.63) is 35.4 Å². The first kappa shape index (κ1) is 17.9. The van der Waals surface area contributed by atoms with E-state index in [1.165, 1.54) is 17.4 Å². The van der Waals surface area contributed by atoms with Gasteiger partial charge in [-0.05, 0) is 43.2 Å². The summed E-state index contributed by atoms with van der Waals surface area (Å²) < 4.78 is 28.1. The van der Waals surface area contributed by atoms with E-state index >= 15 is 0 Å². The molecule has 0 unspecified atom stereocenters. The van der Waals surface area contributed by atoms with Crippen molar-refractivity contribution in [3.63, 3.8) is 0 Å². The summed E-state index contributed by atoms with van der Waals surface area (Å²) in [6, 6.07) is 7.69. The smallest absolute Gasteiger partial charge is 0.241 e. The van der Waals surface area contributed by atoms with Gasteiger partial charge in [-0.25, -0.2) is 13.1 Å². The normalized spacial score (nSPS) is 22.8. The number of nitrogens with zero attached hydrogens (tertiary/aromatic N) is 1. The standard InChI is InChI=1S/C17H26N2O3S/c1-12-8-7-10-14-9-5-6-11-15(14)16(12)18-23(21,22)13(2)17(20)19(3)4/h5-6,9,11-13,16,18H,7-8,10H2,1-4H3/t12-,13+,16-/m1/s1. The van der Waals surface area contributed by atoms with Crippen LogP contribution in [0.2, 0.25) is 0 Å². The highest BCUT2D eigenvalue weighted by atomic mass is 32.2. The molecule has 1 aromatic carbocycles. The Hall–Kier alpha value is -1.40. The lowest BCUT2D eigenvalue weighted by molar-refractivity contribution is -0.127. The molecule has 0 saturated carbocycles. The van der Waals surface area contributed by atoms with E-state index in [2.05, 4.69) is 17.7 Å². The number of sulfonamides is 1. The molecule has 0 bridgehead atoms. The minimum Gasteiger partial charge on any atom is -0.348 e. The fraction of sp³-hybridized carbons (Fsp3) is 0.588. The zero-order valence-corrected chi connectivity index (χ0v) is 15.1. The molecule has 23 heavy (non-hydrogen) atoms. The summed E-state index contributed by atoms with van der Waals surface area (Å²) in [5.41, 5.74) is 2.22. The van der Waals surface area contributed by atoms with Gasteiger partial charge in [0.1, 0.15) is 0 Å². The van der Waals surface area contributed by atoms with Crippen molar-refractivity contribution >= 4 is 15.9 Å². The number of rotatable bonds is 4. The topological polar surface area (TPSA) is 66.5 Å². The zero-order valence-electron chi connectivity index (χ0n) is 14.2. The minimum atomic E-state index is -3.74. The van der Waals surface area contributed by atoms with E-state index in [0.29, 0.717) is 0 Å². The second-order valence-corrected chi connectivity index (χ2v) is 8.62. The van der Waals surface area contributed by atoms with E-state index in [0.717, 1.165) is 24.8 Å². The van der Waals surface area contributed by atoms with E-state index < -0.39 is 21.2 Å². The van der Waals surface area contributed by atoms with E-state index in [4.69, 9.17) is 0 Å². The third-order valence-corrected chi connectivity index (χ3v) is 6.33. The second-order valence-electron chi connectivity index (χ2n) is 6.58. The van der Waals surface area contributed by atoms with Crippen LogP contribution in [0, 0.1) is 5.92 Å². The molecule has 3 atom stereocenters. The van der Waals surface area contributed by atoms with E-state index in [1.807, 2.05) is 18.2 Å². The highest BCUT2D eigenvalue weighted by molar-refractivity contribution is 7.90. The molecule has 1 aromatic rings. The lowest BCUT2D eigenvalue weighted by atomic mass is 9.93. The van der Waals surface area contributed by atoms with Gasteiger partial charge in [0.2, 0.25) is 15.9 Å². The fourth-order valence-corrected chi connectivity index (χ4v) is 4.50. The molecule has 0 saturated heterocycles. The summed E-state index contributed by atoms with van der Waals surface area (Å²) in [5.74, 6) is -0.220. The Morgan fingerprint density at radius 2 is 1.96 bits per heavy atom. The molecule has 6 heteroatoms. The predicted octanol–water partition coefficient (Wildman–Crippen LogP) is 2.10. The second kappa shape index (κ2) is 7.01. The van der Waals surface area contributed by atoms with Crippen molar-refractivity contribution in [2.75, 3.05) is 14.1 Å². The summed E-state index contributed by atoms with van der Waals surface area (Å²) in [4.78, 5) is 13.3. The molecule has 0 spiro atoms. The van der Waals surface area contributed by atoms with Crippen LogP contribution < -0.4 is 4.72 Å². The first-order chi connectivity index (χ1) is 10.7. The number of fused-ring (bicyclic) bond motifs is 1. The van der Waals surface area contributed by atoms with Crippen molar-refractivity contribution in [1.82, 2.24) is 9.62 Å². The van der Waals surface area contributed by atoms with Crippen LogP contribution in [0.5, 0.6) is 0 Å². The van der Waals surface area contributed by atoms with Gasteiger partial charge in [-0.3, -0.25) is 4.79 Å². The Morgan fingerprint density at radius 3 is 2.61 bits per heavy atom. The van der Waals surface area contributed by atoms with Crippen LogP contribution in [-0.4, -0.2) is 38.6 Å². The lowest BCUT2D eigenvalue weighted by Crippen LogP contribution is -2.45. The van der Waals surface area contributed by atoms with Gasteiger partial charge in [0.25, 0.3) is 0 Å². The molecule has 1 amide bonds. The quantitative estimate of drug-likeness (QED) is 0.855. The summed E-state index contributed by atoms with van der Waals surface area (Å²) in [6.45, 7) is 3.51. The third-order valence-electron chi connectivity index (χ3n) is 4.61. The number of amides is 1. The Labute approximate surface area is 139 Å². The molecule has 1 aliphatic rings. The van der Waals surface area contributed by atoms with Gasteiger partial charge >= 0.3 is 0 Å². The molecule has 1 N–H and O–H groups in total. The Balaban J connectivity index is 2.32. The third kappa shape index (κ3) is 3.93. The van der Waals surface area contributed by atoms with E-state index in [9.17, 15) is 13.2 Å². The van der Waals surface area contributed by atoms with Gasteiger partial charge in [-0.2, -0.15) is 0 Å². The Kier molecular flexibility index (Phi) is 5.47. The van der Waals surface area contributed by atoms with Crippen LogP contribution >= 0.6 is 0 Å². The monoisotopic (exact) mass is 338 g/mol. The van der Waals surface area contributed by atoms with Crippen LogP contribution in [0.1, 0.15) is 43.9 Å². The van der Waals surface area contributed by atoms with Crippen molar-refractivity contribution in [2.45, 2.75) is 44.4 Å². The van der Waals surface area contributed by atoms with Gasteiger partial charge in [0.05, 0.1) is 0 Å². The predicted molar refractivity (Wildman–Crippen MR) is 91.5 cm³/mol. The number of hydrogen-bond donors (Lipinski definition) is 1. The number of benzene rings is 1. The molecule has 0 aliphatic heterocycles. The summed E-state index contributed by atoms with van der Waals surface area (Å²) >= 11 is 0. The van der Waals surface area contributed by atoms with E-state index in [-0.39, 0.29) is 12.0 Å². The Morgan fingerprint density at radius 1 is 1.30 bits per heavy atom. The molecule has 128 valence electrons. The van der Waals surface area contributed by atoms with Crippen molar-refractivity contribution in [2.24, 2.45) is 5.92 Å². The molecule has 0 heterocycles. The molecular formula is C17H26N2O3S. The SMILES string of the molecule is C[C@@H]1CCCc2ccccc2[C@@H]1NS(=O)(=O)[C@@H](C)C(=O)N(C)C. The van der Waals surface area contributed by atoms with Gasteiger partial charge in [-0.1, -0.05) is 31.2 Å². The maximum atomic E-state index is 12.7. The van der Waals surface area contributed by atoms with Crippen LogP contribution in [-0.2, 0) is 21.2 Å². The molecule has 0 aromatic heterocycles. The highest BCUT2D eigenvalue weighted by Crippen LogP contribution is 2.33. The highest BCUT2D eigenvalue weighted by Gasteiger charge is 2.34. The number of nitrogens with one attached hydrogen (secondary N) is 1. The van der Waals surface area contributed by atoms with Crippen LogP contribution in [0.15, 0.2) is 24.3 Å². The number of aryl methyl sites for hydroxylation is 1. The zero-order chi connectivity index (χ0) is 17.2. The van der Waals surface area contributed by atoms with Crippen molar-refractivity contribution in [3.8, 4) is 0 Å². The van der Waals surface area contributed by atoms with Gasteiger partial charge in [0.15, 0.2) is 5.25 Å². The number of carbonyl (C=O) groups is 1. The van der Waals surface area contributed by atoms with E-state index in [1.54, 1.807) is 14.1 Å². The molecular weight excluding hydrogens is 312 g/mol. The lowest BCUT2D eigenvalue weighted by Gasteiger charge is -2.27. The summed E-state index contributed by atoms with van der Waals surface area (Å²) in [5, 5.41) is -1.10. The fourth-order valence-electron chi connectivity index (χ4n) is 3.11. The number of carbonyl (C=O) groups excluding carboxylic acids is 1. The molecule has 0 fully saturated rings. The summed E-state index contributed by atoms with van der Waals surface area (Å²) in [7, 11) is -0.602. The molecule has 0 radical (unpaired) electrons. The minimum absolute atomic E-state index is 0.190. The Bertz CT molecular complexity index is 670. The van der Waals surface area contributed by atoms with Crippen LogP contribution in [0.25, 0.3) is 0 Å². The van der Waals surface area contributed by atoms with Crippen LogP contribution in [0.4, 0.5) is 0 Å². The first-order valence-electron chi connectivity index (χ1n) is 8.04. The molecule has 5 nitrogen and oxygen atoms in total. The average Bonchev–Trinajstić information content (AvgIpc) is 2.65. The average molecular weight is 338 g/mol. The maximum Gasteiger partial charge on any atom is 0.241 e. The van der Waals surface area contributed by atoms with Gasteiger partial charge in [-0.15, -0.1) is 0 Å². The van der Waals surface area contributed by atoms with Crippen molar-refractivity contribution in [1.29, 1.82) is 0 Å². The van der Waals surface area contributed by atoms with Gasteiger partial charge < -0.3 is 4.90 Å². The molecule has 1 aliphatic carbocycles. The molecule has 2 rings (SSSR count). The largest absolute Gasteiger partial charge is 0.348 e. The summed E-state index contributed by atoms with van der Waals surface area (Å²) in [6.07, 6.45) is 2.96. The van der Waals surface area contributed by atoms with Crippen LogP contribution in [0.3, 0.4) is 0 Å². The number of hydrogen-bond acceptors (Lipinski definition) is 3.